The Kier molecular flexibility index (Phi) is 12.5. The quantitative estimate of drug-likeness (QED) is 0.0432. The van der Waals surface area contributed by atoms with Crippen molar-refractivity contribution in [3.8, 4) is 0 Å². The molecule has 66 heavy (non-hydrogen) atoms. The zero-order chi connectivity index (χ0) is 45.7. The van der Waals surface area contributed by atoms with Gasteiger partial charge in [-0.15, -0.1) is 0 Å². The van der Waals surface area contributed by atoms with Crippen LogP contribution in [-0.2, 0) is 17.9 Å². The lowest BCUT2D eigenvalue weighted by molar-refractivity contribution is -0.202. The summed E-state index contributed by atoms with van der Waals surface area (Å²) in [6.07, 6.45) is 6.82. The molecule has 10 heteroatoms. The highest BCUT2D eigenvalue weighted by atomic mass is 32.1. The van der Waals surface area contributed by atoms with E-state index in [1.807, 2.05) is 0 Å². The van der Waals surface area contributed by atoms with Gasteiger partial charge in [-0.25, -0.2) is 0 Å². The predicted molar refractivity (Wildman–Crippen MR) is 276 cm³/mol. The molecule has 11 atom stereocenters. The highest BCUT2D eigenvalue weighted by Gasteiger charge is 2.65. The number of aliphatic hydroxyl groups is 2. The molecule has 6 aromatic carbocycles. The van der Waals surface area contributed by atoms with Gasteiger partial charge in [0.05, 0.1) is 12.2 Å². The Bertz CT molecular complexity index is 2710. The van der Waals surface area contributed by atoms with Gasteiger partial charge in [0.25, 0.3) is 0 Å². The number of rotatable bonds is 9. The van der Waals surface area contributed by atoms with Crippen LogP contribution in [0.15, 0.2) is 109 Å². The van der Waals surface area contributed by atoms with E-state index < -0.39 is 12.2 Å². The normalized spacial score (nSPS) is 29.7. The number of benzene rings is 6. The highest BCUT2D eigenvalue weighted by molar-refractivity contribution is 7.80. The van der Waals surface area contributed by atoms with E-state index in [-0.39, 0.29) is 52.4 Å². The van der Waals surface area contributed by atoms with Crippen molar-refractivity contribution in [1.29, 1.82) is 0 Å². The summed E-state index contributed by atoms with van der Waals surface area (Å²) in [7, 11) is 0. The number of aliphatic hydroxyl groups excluding tert-OH is 2. The molecule has 0 heterocycles. The third-order valence-corrected chi connectivity index (χ3v) is 18.2. The van der Waals surface area contributed by atoms with E-state index in [0.717, 1.165) is 51.4 Å². The first-order valence-electron chi connectivity index (χ1n) is 24.4. The zero-order valence-electron chi connectivity index (χ0n) is 38.5. The summed E-state index contributed by atoms with van der Waals surface area (Å²) in [5.74, 6) is 1.46. The minimum Gasteiger partial charge on any atom is -0.393 e. The van der Waals surface area contributed by atoms with Crippen molar-refractivity contribution in [2.45, 2.75) is 110 Å². The fourth-order valence-corrected chi connectivity index (χ4v) is 14.6. The number of carbonyl (C=O) groups excluding carboxylic acids is 1. The summed E-state index contributed by atoms with van der Waals surface area (Å²) in [4.78, 5) is 13.2. The van der Waals surface area contributed by atoms with Crippen LogP contribution in [0.25, 0.3) is 43.1 Å². The third-order valence-electron chi connectivity index (χ3n) is 17.6. The number of carbonyl (C=O) groups is 1. The van der Waals surface area contributed by atoms with E-state index in [1.165, 1.54) is 54.2 Å². The second-order valence-electron chi connectivity index (χ2n) is 20.9. The van der Waals surface area contributed by atoms with Gasteiger partial charge in [-0.05, 0) is 188 Å². The lowest BCUT2D eigenvalue weighted by atomic mass is 9.43. The average Bonchev–Trinajstić information content (AvgIpc) is 3.69. The first kappa shape index (κ1) is 44.9. The number of nitrogens with one attached hydrogen (secondary N) is 5. The molecule has 0 unspecified atom stereocenters. The Morgan fingerprint density at radius 1 is 0.682 bits per heavy atom. The van der Waals surface area contributed by atoms with E-state index in [1.54, 1.807) is 0 Å². The molecule has 0 spiro atoms. The van der Waals surface area contributed by atoms with Crippen molar-refractivity contribution < 1.29 is 15.0 Å². The molecule has 344 valence electrons. The van der Waals surface area contributed by atoms with Gasteiger partial charge >= 0.3 is 0 Å². The van der Waals surface area contributed by atoms with Crippen molar-refractivity contribution in [1.82, 2.24) is 26.8 Å². The van der Waals surface area contributed by atoms with Gasteiger partial charge in [-0.1, -0.05) is 118 Å². The molecule has 4 aliphatic carbocycles. The molecule has 0 radical (unpaired) electrons. The van der Waals surface area contributed by atoms with Crippen LogP contribution in [0.1, 0.15) is 89.7 Å². The van der Waals surface area contributed by atoms with Crippen LogP contribution in [0, 0.1) is 46.3 Å². The lowest BCUT2D eigenvalue weighted by Crippen LogP contribution is -2.63. The number of hydrazine groups is 1. The first-order valence-corrected chi connectivity index (χ1v) is 25.3. The number of hydrogen-bond donors (Lipinski definition) is 7. The number of amides is 1. The smallest absolute Gasteiger partial charge is 0.238 e. The van der Waals surface area contributed by atoms with Gasteiger partial charge in [0.1, 0.15) is 0 Å². The summed E-state index contributed by atoms with van der Waals surface area (Å²) in [6, 6.07) is 38.6. The minimum atomic E-state index is -0.447. The molecule has 6 aromatic rings. The molecule has 10 rings (SSSR count). The average molecular weight is 920 g/mol. The summed E-state index contributed by atoms with van der Waals surface area (Å²) in [5, 5.41) is 45.7. The van der Waals surface area contributed by atoms with E-state index in [0.29, 0.717) is 35.7 Å². The van der Waals surface area contributed by atoms with Gasteiger partial charge < -0.3 is 26.2 Å². The molecule has 4 fully saturated rings. The topological polar surface area (TPSA) is 118 Å². The van der Waals surface area contributed by atoms with Gasteiger partial charge in [-0.3, -0.25) is 15.6 Å². The molecular weight excluding hydrogens is 855 g/mol. The zero-order valence-corrected chi connectivity index (χ0v) is 40.1. The maximum atomic E-state index is 13.2. The number of hydrogen-bond acceptors (Lipinski definition) is 5. The van der Waals surface area contributed by atoms with Gasteiger partial charge in [0.15, 0.2) is 10.2 Å². The maximum absolute atomic E-state index is 13.2. The largest absolute Gasteiger partial charge is 0.393 e. The van der Waals surface area contributed by atoms with E-state index in [9.17, 15) is 15.0 Å². The Hall–Kier alpha value is -4.87. The number of thiocarbonyl (C=S) groups is 2. The van der Waals surface area contributed by atoms with Crippen molar-refractivity contribution in [2.24, 2.45) is 46.3 Å². The van der Waals surface area contributed by atoms with Crippen molar-refractivity contribution in [3.63, 3.8) is 0 Å². The van der Waals surface area contributed by atoms with Gasteiger partial charge in [-0.2, -0.15) is 0 Å². The molecule has 4 saturated carbocycles. The molecule has 0 aromatic heterocycles. The van der Waals surface area contributed by atoms with Gasteiger partial charge in [0.2, 0.25) is 5.91 Å². The van der Waals surface area contributed by atoms with E-state index in [2.05, 4.69) is 157 Å². The summed E-state index contributed by atoms with van der Waals surface area (Å²) in [5.41, 5.74) is 7.94. The van der Waals surface area contributed by atoms with Crippen molar-refractivity contribution in [3.05, 3.63) is 120 Å². The third kappa shape index (κ3) is 8.20. The van der Waals surface area contributed by atoms with Crippen LogP contribution >= 0.6 is 24.4 Å². The Labute approximate surface area is 400 Å². The van der Waals surface area contributed by atoms with E-state index in [4.69, 9.17) is 24.4 Å². The molecule has 7 N–H and O–H groups in total. The van der Waals surface area contributed by atoms with Crippen LogP contribution in [0.3, 0.4) is 0 Å². The monoisotopic (exact) mass is 919 g/mol. The SMILES string of the molecule is C[C@H](CCC(=O)NNC(=S)NCc1c2ccccc2cc2ccccc12)[C@H]1CC[C@H]2[C@@H]3[C@H](O)C[C@@H]4C[C@H](NC(=S)NCc5c6ccccc6cc6ccccc56)CC[C@]4(C)[C@H]3C[C@H](O)[C@]12C. The second kappa shape index (κ2) is 18.3. The predicted octanol–water partition coefficient (Wildman–Crippen LogP) is 10.3. The summed E-state index contributed by atoms with van der Waals surface area (Å²) in [6.45, 7) is 8.18. The molecule has 0 bridgehead atoms. The van der Waals surface area contributed by atoms with Crippen molar-refractivity contribution in [2.75, 3.05) is 0 Å². The number of fused-ring (bicyclic) bond motifs is 9. The highest BCUT2D eigenvalue weighted by Crippen LogP contribution is 2.68. The van der Waals surface area contributed by atoms with Crippen molar-refractivity contribution >= 4 is 83.7 Å². The van der Waals surface area contributed by atoms with Gasteiger partial charge in [0, 0.05) is 25.6 Å². The van der Waals surface area contributed by atoms with Crippen LogP contribution in [-0.4, -0.2) is 44.6 Å². The fourth-order valence-electron chi connectivity index (χ4n) is 14.2. The van der Waals surface area contributed by atoms with Crippen LogP contribution < -0.4 is 26.8 Å². The summed E-state index contributed by atoms with van der Waals surface area (Å²) < 4.78 is 0. The first-order chi connectivity index (χ1) is 31.9. The lowest BCUT2D eigenvalue weighted by Gasteiger charge is -2.63. The molecule has 4 aliphatic rings. The molecule has 0 aliphatic heterocycles. The van der Waals surface area contributed by atoms with Crippen LogP contribution in [0.5, 0.6) is 0 Å². The van der Waals surface area contributed by atoms with E-state index >= 15 is 0 Å². The standard InChI is InChI=1S/C56H65N5O3S2/c1-33(20-23-51(64)60-61-54(66)58-32-45-42-18-10-6-14-36(42)27-37-15-7-11-19-43(37)45)46-21-22-47-52-48(30-50(63)56(46,47)3)55(2)25-24-39(28-38(55)29-49(52)62)59-53(65)57-31-44-40-16-8-4-12-34(40)26-35-13-5-9-17-41(35)44/h4-19,26-27,33,38-39,46-50,52,62-63H,20-25,28-32H2,1-3H3,(H,60,64)(H2,57,59,65)(H2,58,61,66)/t33-,38+,39-,46-,47+,48+,49-,50+,52+,55+,56-/m1/s1. The second-order valence-corrected chi connectivity index (χ2v) is 21.7. The van der Waals surface area contributed by atoms with Crippen LogP contribution in [0.2, 0.25) is 0 Å². The molecule has 1 amide bonds. The van der Waals surface area contributed by atoms with Crippen LogP contribution in [0.4, 0.5) is 0 Å². The fraction of sp³-hybridized carbons (Fsp3) is 0.446. The Morgan fingerprint density at radius 2 is 1.21 bits per heavy atom. The molecule has 0 saturated heterocycles. The molecule has 8 nitrogen and oxygen atoms in total. The molecular formula is C56H65N5O3S2. The Morgan fingerprint density at radius 3 is 1.77 bits per heavy atom. The summed E-state index contributed by atoms with van der Waals surface area (Å²) >= 11 is 11.6. The minimum absolute atomic E-state index is 0.0498. The maximum Gasteiger partial charge on any atom is 0.238 e. The Balaban J connectivity index is 0.721.